The molecule has 2 heterocycles. The van der Waals surface area contributed by atoms with E-state index in [1.807, 2.05) is 6.07 Å². The highest BCUT2D eigenvalue weighted by atomic mass is 79.9. The molecule has 4 nitrogen and oxygen atoms in total. The van der Waals surface area contributed by atoms with Gasteiger partial charge in [-0.05, 0) is 56.5 Å². The summed E-state index contributed by atoms with van der Waals surface area (Å²) in [7, 11) is 0. The van der Waals surface area contributed by atoms with Crippen molar-refractivity contribution < 1.29 is 9.47 Å². The zero-order valence-corrected chi connectivity index (χ0v) is 15.3. The van der Waals surface area contributed by atoms with Crippen molar-refractivity contribution in [2.75, 3.05) is 26.3 Å². The molecule has 6 heteroatoms. The monoisotopic (exact) mass is 390 g/mol. The van der Waals surface area contributed by atoms with Crippen LogP contribution >= 0.6 is 28.3 Å². The van der Waals surface area contributed by atoms with Crippen LogP contribution in [0.25, 0.3) is 0 Å². The smallest absolute Gasteiger partial charge is 0.162 e. The molecule has 1 unspecified atom stereocenters. The van der Waals surface area contributed by atoms with Gasteiger partial charge in [0.05, 0.1) is 0 Å². The summed E-state index contributed by atoms with van der Waals surface area (Å²) in [5.74, 6) is 2.38. The van der Waals surface area contributed by atoms with Crippen molar-refractivity contribution in [1.82, 2.24) is 4.90 Å². The first-order valence-electron chi connectivity index (χ1n) is 7.69. The normalized spacial score (nSPS) is 20.3. The molecule has 1 saturated heterocycles. The molecule has 0 bridgehead atoms. The summed E-state index contributed by atoms with van der Waals surface area (Å²) in [5.41, 5.74) is 7.27. The summed E-state index contributed by atoms with van der Waals surface area (Å²) in [5, 5.41) is 0. The molecule has 22 heavy (non-hydrogen) atoms. The van der Waals surface area contributed by atoms with Crippen molar-refractivity contribution in [2.45, 2.75) is 32.4 Å². The van der Waals surface area contributed by atoms with Gasteiger partial charge in [-0.3, -0.25) is 4.90 Å². The van der Waals surface area contributed by atoms with E-state index >= 15 is 0 Å². The Bertz CT molecular complexity index is 505. The van der Waals surface area contributed by atoms with Crippen LogP contribution in [0, 0.1) is 5.92 Å². The van der Waals surface area contributed by atoms with Crippen molar-refractivity contribution in [3.8, 4) is 11.5 Å². The Morgan fingerprint density at radius 3 is 2.41 bits per heavy atom. The first-order valence-corrected chi connectivity index (χ1v) is 8.49. The molecule has 1 atom stereocenters. The summed E-state index contributed by atoms with van der Waals surface area (Å²) in [4.78, 5) is 2.50. The highest BCUT2D eigenvalue weighted by Gasteiger charge is 2.23. The second-order valence-electron chi connectivity index (χ2n) is 6.06. The van der Waals surface area contributed by atoms with Crippen LogP contribution < -0.4 is 15.2 Å². The number of hydrogen-bond donors (Lipinski definition) is 1. The Balaban J connectivity index is 0.00000176. The second-order valence-corrected chi connectivity index (χ2v) is 6.91. The van der Waals surface area contributed by atoms with E-state index in [0.29, 0.717) is 25.2 Å². The molecule has 2 aliphatic rings. The van der Waals surface area contributed by atoms with Crippen LogP contribution in [0.2, 0.25) is 0 Å². The van der Waals surface area contributed by atoms with E-state index in [2.05, 4.69) is 33.8 Å². The molecule has 124 valence electrons. The average molecular weight is 392 g/mol. The Morgan fingerprint density at radius 1 is 1.23 bits per heavy atom. The number of rotatable bonds is 3. The van der Waals surface area contributed by atoms with Crippen LogP contribution in [0.4, 0.5) is 0 Å². The molecule has 0 aromatic heterocycles. The molecule has 2 aliphatic heterocycles. The van der Waals surface area contributed by atoms with Gasteiger partial charge in [-0.1, -0.05) is 15.9 Å². The topological polar surface area (TPSA) is 47.7 Å². The molecule has 0 spiro atoms. The molecule has 1 fully saturated rings. The molecule has 3 rings (SSSR count). The van der Waals surface area contributed by atoms with Gasteiger partial charge in [0.2, 0.25) is 0 Å². The van der Waals surface area contributed by atoms with Crippen LogP contribution in [-0.2, 0) is 6.54 Å². The lowest BCUT2D eigenvalue weighted by Gasteiger charge is -2.34. The Hall–Kier alpha value is -0.490. The highest BCUT2D eigenvalue weighted by Crippen LogP contribution is 2.36. The molecular formula is C16H24BrClN2O2. The average Bonchev–Trinajstić information content (AvgIpc) is 2.48. The summed E-state index contributed by atoms with van der Waals surface area (Å²) in [6.45, 7) is 6.57. The van der Waals surface area contributed by atoms with Crippen LogP contribution in [-0.4, -0.2) is 37.2 Å². The van der Waals surface area contributed by atoms with Crippen molar-refractivity contribution in [3.63, 3.8) is 0 Å². The molecular weight excluding hydrogens is 368 g/mol. The summed E-state index contributed by atoms with van der Waals surface area (Å²) in [6, 6.07) is 4.45. The minimum atomic E-state index is 0. The van der Waals surface area contributed by atoms with Gasteiger partial charge in [-0.2, -0.15) is 0 Å². The zero-order chi connectivity index (χ0) is 14.8. The predicted octanol–water partition coefficient (Wildman–Crippen LogP) is 3.20. The quantitative estimate of drug-likeness (QED) is 0.859. The van der Waals surface area contributed by atoms with Gasteiger partial charge in [0.1, 0.15) is 13.2 Å². The van der Waals surface area contributed by atoms with Gasteiger partial charge in [-0.15, -0.1) is 12.4 Å². The number of benzene rings is 1. The highest BCUT2D eigenvalue weighted by molar-refractivity contribution is 9.10. The fraction of sp³-hybridized carbons (Fsp3) is 0.625. The summed E-state index contributed by atoms with van der Waals surface area (Å²) < 4.78 is 12.4. The van der Waals surface area contributed by atoms with Gasteiger partial charge >= 0.3 is 0 Å². The molecule has 1 aromatic rings. The van der Waals surface area contributed by atoms with E-state index in [-0.39, 0.29) is 12.4 Å². The van der Waals surface area contributed by atoms with Crippen LogP contribution in [0.5, 0.6) is 11.5 Å². The van der Waals surface area contributed by atoms with E-state index in [9.17, 15) is 0 Å². The maximum Gasteiger partial charge on any atom is 0.162 e. The molecule has 0 amide bonds. The molecule has 0 radical (unpaired) electrons. The molecule has 2 N–H and O–H groups in total. The second kappa shape index (κ2) is 7.86. The van der Waals surface area contributed by atoms with Gasteiger partial charge in [-0.25, -0.2) is 0 Å². The SMILES string of the molecule is CC(N)C1CCN(Cc2cc3c(cc2Br)OCCO3)CC1.Cl. The van der Waals surface area contributed by atoms with Gasteiger partial charge in [0.25, 0.3) is 0 Å². The van der Waals surface area contributed by atoms with Crippen molar-refractivity contribution >= 4 is 28.3 Å². The Morgan fingerprint density at radius 2 is 1.82 bits per heavy atom. The predicted molar refractivity (Wildman–Crippen MR) is 94.0 cm³/mol. The minimum absolute atomic E-state index is 0. The van der Waals surface area contributed by atoms with E-state index in [0.717, 1.165) is 35.6 Å². The Kier molecular flexibility index (Phi) is 6.38. The number of piperidine rings is 1. The fourth-order valence-electron chi connectivity index (χ4n) is 3.10. The van der Waals surface area contributed by atoms with Crippen LogP contribution in [0.3, 0.4) is 0 Å². The van der Waals surface area contributed by atoms with Crippen molar-refractivity contribution in [1.29, 1.82) is 0 Å². The third-order valence-electron chi connectivity index (χ3n) is 4.48. The van der Waals surface area contributed by atoms with E-state index in [1.165, 1.54) is 18.4 Å². The lowest BCUT2D eigenvalue weighted by molar-refractivity contribution is 0.162. The number of nitrogens with zero attached hydrogens (tertiary/aromatic N) is 1. The van der Waals surface area contributed by atoms with Gasteiger partial charge in [0.15, 0.2) is 11.5 Å². The van der Waals surface area contributed by atoms with Crippen molar-refractivity contribution in [3.05, 3.63) is 22.2 Å². The lowest BCUT2D eigenvalue weighted by atomic mass is 9.91. The van der Waals surface area contributed by atoms with Gasteiger partial charge in [0, 0.05) is 17.1 Å². The molecule has 0 aliphatic carbocycles. The first-order chi connectivity index (χ1) is 10.1. The standard InChI is InChI=1S/C16H23BrN2O2.ClH/c1-11(18)12-2-4-19(5-3-12)10-13-8-15-16(9-14(13)17)21-7-6-20-15;/h8-9,11-12H,2-7,10,18H2,1H3;1H. The minimum Gasteiger partial charge on any atom is -0.486 e. The van der Waals surface area contributed by atoms with E-state index in [4.69, 9.17) is 15.2 Å². The zero-order valence-electron chi connectivity index (χ0n) is 12.9. The van der Waals surface area contributed by atoms with Crippen LogP contribution in [0.15, 0.2) is 16.6 Å². The fourth-order valence-corrected chi connectivity index (χ4v) is 3.55. The number of nitrogens with two attached hydrogens (primary N) is 1. The van der Waals surface area contributed by atoms with Crippen LogP contribution in [0.1, 0.15) is 25.3 Å². The third kappa shape index (κ3) is 4.07. The number of fused-ring (bicyclic) bond motifs is 1. The summed E-state index contributed by atoms with van der Waals surface area (Å²) >= 11 is 3.66. The molecule has 0 saturated carbocycles. The third-order valence-corrected chi connectivity index (χ3v) is 5.22. The number of halogens is 2. The lowest BCUT2D eigenvalue weighted by Crippen LogP contribution is -2.39. The maximum absolute atomic E-state index is 6.01. The number of likely N-dealkylation sites (tertiary alicyclic amines) is 1. The number of ether oxygens (including phenoxy) is 2. The summed E-state index contributed by atoms with van der Waals surface area (Å²) in [6.07, 6.45) is 2.39. The first kappa shape index (κ1) is 17.9. The molecule has 1 aromatic carbocycles. The largest absolute Gasteiger partial charge is 0.486 e. The Labute approximate surface area is 146 Å². The van der Waals surface area contributed by atoms with Gasteiger partial charge < -0.3 is 15.2 Å². The van der Waals surface area contributed by atoms with E-state index in [1.54, 1.807) is 0 Å². The van der Waals surface area contributed by atoms with E-state index < -0.39 is 0 Å². The number of hydrogen-bond acceptors (Lipinski definition) is 4. The van der Waals surface area contributed by atoms with Crippen molar-refractivity contribution in [2.24, 2.45) is 11.7 Å². The maximum atomic E-state index is 6.01.